The minimum absolute atomic E-state index is 0.426. The number of likely N-dealkylation sites (tertiary alicyclic amines) is 2. The first-order valence-electron chi connectivity index (χ1n) is 7.29. The van der Waals surface area contributed by atoms with Crippen LogP contribution in [0.25, 0.3) is 0 Å². The van der Waals surface area contributed by atoms with Crippen LogP contribution < -0.4 is 11.5 Å². The van der Waals surface area contributed by atoms with Gasteiger partial charge in [0.2, 0.25) is 23.6 Å². The smallest absolute Gasteiger partial charge is 0.247 e. The van der Waals surface area contributed by atoms with Crippen molar-refractivity contribution < 1.29 is 19.2 Å². The van der Waals surface area contributed by atoms with Crippen LogP contribution in [-0.4, -0.2) is 58.6 Å². The monoisotopic (exact) mass is 308 g/mol. The molecule has 8 heteroatoms. The minimum atomic E-state index is -0.614. The van der Waals surface area contributed by atoms with Crippen LogP contribution in [0.4, 0.5) is 0 Å². The second kappa shape index (κ2) is 6.59. The van der Waals surface area contributed by atoms with E-state index in [0.717, 1.165) is 12.2 Å². The van der Waals surface area contributed by atoms with E-state index in [1.807, 2.05) is 0 Å². The fourth-order valence-corrected chi connectivity index (χ4v) is 2.99. The summed E-state index contributed by atoms with van der Waals surface area (Å²) in [4.78, 5) is 49.4. The van der Waals surface area contributed by atoms with E-state index < -0.39 is 35.7 Å². The zero-order valence-electron chi connectivity index (χ0n) is 12.2. The predicted molar refractivity (Wildman–Crippen MR) is 77.0 cm³/mol. The van der Waals surface area contributed by atoms with Gasteiger partial charge in [0.25, 0.3) is 0 Å². The highest BCUT2D eigenvalue weighted by atomic mass is 16.2. The van der Waals surface area contributed by atoms with Crippen molar-refractivity contribution in [3.05, 3.63) is 12.2 Å². The number of nitrogens with two attached hydrogens (primary N) is 2. The highest BCUT2D eigenvalue weighted by Crippen LogP contribution is 2.19. The Kier molecular flexibility index (Phi) is 4.79. The predicted octanol–water partition coefficient (Wildman–Crippen LogP) is -1.50. The molecule has 120 valence electrons. The Labute approximate surface area is 128 Å². The van der Waals surface area contributed by atoms with Crippen molar-refractivity contribution in [3.63, 3.8) is 0 Å². The third-order valence-electron chi connectivity index (χ3n) is 4.10. The number of carbonyl (C=O) groups is 4. The molecule has 4 amide bonds. The number of hydrogen-bond acceptors (Lipinski definition) is 4. The molecule has 8 nitrogen and oxygen atoms in total. The van der Waals surface area contributed by atoms with Crippen LogP contribution in [0.5, 0.6) is 0 Å². The SMILES string of the molecule is NC(=O)[C@@H]1CCCN1C(=O)/C=C/C(=O)N1CCC[C@H]1C(N)=O. The topological polar surface area (TPSA) is 127 Å². The van der Waals surface area contributed by atoms with Crippen LogP contribution in [0, 0.1) is 0 Å². The normalized spacial score (nSPS) is 24.9. The number of rotatable bonds is 4. The Morgan fingerprint density at radius 1 is 0.773 bits per heavy atom. The Morgan fingerprint density at radius 3 is 1.45 bits per heavy atom. The molecule has 0 aromatic rings. The molecule has 2 saturated heterocycles. The van der Waals surface area contributed by atoms with Gasteiger partial charge in [-0.1, -0.05) is 0 Å². The molecule has 2 aliphatic rings. The van der Waals surface area contributed by atoms with Crippen molar-refractivity contribution in [2.75, 3.05) is 13.1 Å². The number of nitrogens with zero attached hydrogens (tertiary/aromatic N) is 2. The minimum Gasteiger partial charge on any atom is -0.368 e. The van der Waals surface area contributed by atoms with E-state index >= 15 is 0 Å². The Morgan fingerprint density at radius 2 is 1.14 bits per heavy atom. The van der Waals surface area contributed by atoms with Crippen molar-refractivity contribution in [2.24, 2.45) is 11.5 Å². The third-order valence-corrected chi connectivity index (χ3v) is 4.10. The molecule has 0 aromatic carbocycles. The van der Waals surface area contributed by atoms with Gasteiger partial charge >= 0.3 is 0 Å². The first kappa shape index (κ1) is 16.0. The Hall–Kier alpha value is -2.38. The fraction of sp³-hybridized carbons (Fsp3) is 0.571. The number of primary amides is 2. The quantitative estimate of drug-likeness (QED) is 0.612. The van der Waals surface area contributed by atoms with Crippen LogP contribution in [0.1, 0.15) is 25.7 Å². The molecule has 2 heterocycles. The number of amides is 4. The molecule has 22 heavy (non-hydrogen) atoms. The van der Waals surface area contributed by atoms with Crippen LogP contribution in [0.3, 0.4) is 0 Å². The molecule has 2 atom stereocenters. The summed E-state index contributed by atoms with van der Waals surface area (Å²) in [5.74, 6) is -1.94. The van der Waals surface area contributed by atoms with E-state index in [4.69, 9.17) is 11.5 Å². The van der Waals surface area contributed by atoms with Gasteiger partial charge in [-0.15, -0.1) is 0 Å². The average molecular weight is 308 g/mol. The summed E-state index contributed by atoms with van der Waals surface area (Å²) in [5.41, 5.74) is 10.5. The van der Waals surface area contributed by atoms with Gasteiger partial charge in [-0.2, -0.15) is 0 Å². The standard InChI is InChI=1S/C14H20N4O4/c15-13(21)9-3-1-7-17(9)11(19)5-6-12(20)18-8-2-4-10(18)14(16)22/h5-6,9-10H,1-4,7-8H2,(H2,15,21)(H2,16,22)/b6-5+/t9-,10-/m0/s1. The Bertz CT molecular complexity index is 485. The maximum absolute atomic E-state index is 12.1. The highest BCUT2D eigenvalue weighted by molar-refractivity contribution is 6.00. The third kappa shape index (κ3) is 3.26. The second-order valence-electron chi connectivity index (χ2n) is 5.52. The lowest BCUT2D eigenvalue weighted by Gasteiger charge is -2.21. The van der Waals surface area contributed by atoms with Gasteiger partial charge < -0.3 is 21.3 Å². The van der Waals surface area contributed by atoms with Gasteiger partial charge in [-0.3, -0.25) is 19.2 Å². The summed E-state index contributed by atoms with van der Waals surface area (Å²) < 4.78 is 0. The number of carbonyl (C=O) groups excluding carboxylic acids is 4. The molecule has 0 unspecified atom stereocenters. The summed E-state index contributed by atoms with van der Waals surface area (Å²) in [6.45, 7) is 0.886. The van der Waals surface area contributed by atoms with Gasteiger partial charge in [0, 0.05) is 25.2 Å². The van der Waals surface area contributed by atoms with Crippen LogP contribution in [0.15, 0.2) is 12.2 Å². The largest absolute Gasteiger partial charge is 0.368 e. The van der Waals surface area contributed by atoms with E-state index in [1.54, 1.807) is 0 Å². The maximum Gasteiger partial charge on any atom is 0.247 e. The molecule has 0 radical (unpaired) electrons. The molecular formula is C14H20N4O4. The summed E-state index contributed by atoms with van der Waals surface area (Å²) >= 11 is 0. The van der Waals surface area contributed by atoms with Gasteiger partial charge in [0.1, 0.15) is 12.1 Å². The van der Waals surface area contributed by atoms with Crippen LogP contribution in [-0.2, 0) is 19.2 Å². The lowest BCUT2D eigenvalue weighted by atomic mass is 10.2. The summed E-state index contributed by atoms with van der Waals surface area (Å²) in [6, 6.07) is -1.23. The first-order valence-corrected chi connectivity index (χ1v) is 7.29. The van der Waals surface area contributed by atoms with Gasteiger partial charge in [0.15, 0.2) is 0 Å². The second-order valence-corrected chi connectivity index (χ2v) is 5.52. The van der Waals surface area contributed by atoms with Crippen molar-refractivity contribution in [3.8, 4) is 0 Å². The average Bonchev–Trinajstić information content (AvgIpc) is 3.12. The molecule has 2 fully saturated rings. The molecule has 0 aliphatic carbocycles. The van der Waals surface area contributed by atoms with E-state index in [9.17, 15) is 19.2 Å². The summed E-state index contributed by atoms with van der Waals surface area (Å²) in [7, 11) is 0. The zero-order valence-corrected chi connectivity index (χ0v) is 12.2. The van der Waals surface area contributed by atoms with E-state index in [2.05, 4.69) is 0 Å². The molecule has 0 aromatic heterocycles. The zero-order chi connectivity index (χ0) is 16.3. The van der Waals surface area contributed by atoms with E-state index in [-0.39, 0.29) is 0 Å². The van der Waals surface area contributed by atoms with Crippen molar-refractivity contribution >= 4 is 23.6 Å². The van der Waals surface area contributed by atoms with Crippen molar-refractivity contribution in [2.45, 2.75) is 37.8 Å². The van der Waals surface area contributed by atoms with Crippen LogP contribution in [0.2, 0.25) is 0 Å². The molecule has 2 rings (SSSR count). The van der Waals surface area contributed by atoms with Crippen LogP contribution >= 0.6 is 0 Å². The summed E-state index contributed by atoms with van der Waals surface area (Å²) in [5, 5.41) is 0. The molecular weight excluding hydrogens is 288 g/mol. The van der Waals surface area contributed by atoms with Gasteiger partial charge in [-0.25, -0.2) is 0 Å². The van der Waals surface area contributed by atoms with E-state index in [0.29, 0.717) is 38.8 Å². The lowest BCUT2D eigenvalue weighted by molar-refractivity contribution is -0.134. The van der Waals surface area contributed by atoms with E-state index in [1.165, 1.54) is 9.80 Å². The highest BCUT2D eigenvalue weighted by Gasteiger charge is 2.33. The summed E-state index contributed by atoms with van der Waals surface area (Å²) in [6.07, 6.45) is 4.74. The van der Waals surface area contributed by atoms with Gasteiger partial charge in [0.05, 0.1) is 0 Å². The molecule has 0 bridgehead atoms. The van der Waals surface area contributed by atoms with Crippen molar-refractivity contribution in [1.82, 2.24) is 9.80 Å². The van der Waals surface area contributed by atoms with Gasteiger partial charge in [-0.05, 0) is 25.7 Å². The molecule has 2 aliphatic heterocycles. The molecule has 4 N–H and O–H groups in total. The number of hydrogen-bond donors (Lipinski definition) is 2. The molecule has 0 saturated carbocycles. The Balaban J connectivity index is 1.99. The fourth-order valence-electron chi connectivity index (χ4n) is 2.99. The molecule has 0 spiro atoms. The van der Waals surface area contributed by atoms with Crippen molar-refractivity contribution in [1.29, 1.82) is 0 Å². The first-order chi connectivity index (χ1) is 10.4. The lowest BCUT2D eigenvalue weighted by Crippen LogP contribution is -2.44. The maximum atomic E-state index is 12.1.